The van der Waals surface area contributed by atoms with Crippen LogP contribution in [0, 0.1) is 5.92 Å². The zero-order valence-electron chi connectivity index (χ0n) is 6.92. The third kappa shape index (κ3) is 3.55. The molecule has 0 radical (unpaired) electrons. The number of rotatable bonds is 4. The van der Waals surface area contributed by atoms with Crippen molar-refractivity contribution in [3.8, 4) is 0 Å². The molecule has 0 aromatic rings. The Hall–Kier alpha value is 0.420. The number of alkyl halides is 1. The van der Waals surface area contributed by atoms with Crippen LogP contribution in [0.1, 0.15) is 19.8 Å². The molecule has 0 aliphatic carbocycles. The fraction of sp³-hybridized carbons (Fsp3) is 0.875. The first-order valence-electron chi connectivity index (χ1n) is 4.13. The van der Waals surface area contributed by atoms with Crippen LogP contribution < -0.4 is 0 Å². The highest BCUT2D eigenvalue weighted by Gasteiger charge is 2.22. The van der Waals surface area contributed by atoms with E-state index in [9.17, 15) is 0 Å². The molecule has 11 heavy (non-hydrogen) atoms. The van der Waals surface area contributed by atoms with Gasteiger partial charge >= 0.3 is 0 Å². The lowest BCUT2D eigenvalue weighted by Crippen LogP contribution is -1.87. The standard InChI is InChI=1S/C8H15ClOP/c1-8-3-6-11(7-8)10-5-2-4-9/h7-8H,2-6H2,1H3/q+1. The topological polar surface area (TPSA) is 9.23 Å². The van der Waals surface area contributed by atoms with Gasteiger partial charge in [0.2, 0.25) is 7.77 Å². The fourth-order valence-electron chi connectivity index (χ4n) is 1.11. The molecule has 1 aliphatic rings. The van der Waals surface area contributed by atoms with Crippen molar-refractivity contribution in [1.29, 1.82) is 0 Å². The maximum absolute atomic E-state index is 5.64. The largest absolute Gasteiger partial charge is 0.250 e. The highest BCUT2D eigenvalue weighted by Crippen LogP contribution is 2.33. The predicted octanol–water partition coefficient (Wildman–Crippen LogP) is 2.87. The Morgan fingerprint density at radius 2 is 2.55 bits per heavy atom. The third-order valence-electron chi connectivity index (χ3n) is 1.76. The van der Waals surface area contributed by atoms with E-state index in [2.05, 4.69) is 12.7 Å². The number of halogens is 1. The Labute approximate surface area is 74.5 Å². The van der Waals surface area contributed by atoms with Gasteiger partial charge in [-0.25, -0.2) is 0 Å². The third-order valence-corrected chi connectivity index (χ3v) is 4.08. The van der Waals surface area contributed by atoms with E-state index < -0.39 is 0 Å². The SMILES string of the molecule is CC1C=[P+](OCCCCl)CC1. The first kappa shape index (κ1) is 9.51. The molecule has 0 spiro atoms. The van der Waals surface area contributed by atoms with Gasteiger partial charge in [0, 0.05) is 18.2 Å². The van der Waals surface area contributed by atoms with Gasteiger partial charge in [0.1, 0.15) is 18.6 Å². The smallest absolute Gasteiger partial charge is 0.179 e. The Kier molecular flexibility index (Phi) is 4.44. The molecule has 0 aromatic carbocycles. The van der Waals surface area contributed by atoms with Crippen molar-refractivity contribution < 1.29 is 4.52 Å². The van der Waals surface area contributed by atoms with Gasteiger partial charge in [0.05, 0.1) is 0 Å². The highest BCUT2D eigenvalue weighted by molar-refractivity contribution is 7.52. The zero-order chi connectivity index (χ0) is 8.10. The van der Waals surface area contributed by atoms with E-state index in [1.54, 1.807) is 0 Å². The van der Waals surface area contributed by atoms with E-state index in [-0.39, 0.29) is 7.77 Å². The van der Waals surface area contributed by atoms with Crippen molar-refractivity contribution >= 4 is 25.2 Å². The summed E-state index contributed by atoms with van der Waals surface area (Å²) in [6.45, 7) is 3.10. The quantitative estimate of drug-likeness (QED) is 0.379. The van der Waals surface area contributed by atoms with Crippen LogP contribution in [0.4, 0.5) is 0 Å². The fourth-order valence-corrected chi connectivity index (χ4v) is 3.32. The zero-order valence-corrected chi connectivity index (χ0v) is 8.57. The summed E-state index contributed by atoms with van der Waals surface area (Å²) >= 11 is 5.53. The Morgan fingerprint density at radius 1 is 1.73 bits per heavy atom. The van der Waals surface area contributed by atoms with Crippen molar-refractivity contribution in [2.24, 2.45) is 5.92 Å². The summed E-state index contributed by atoms with van der Waals surface area (Å²) in [5.74, 6) is 3.86. The van der Waals surface area contributed by atoms with Crippen LogP contribution in [0.2, 0.25) is 0 Å². The molecule has 1 nitrogen and oxygen atoms in total. The molecule has 0 saturated heterocycles. The molecular formula is C8H15ClOP+. The minimum atomic E-state index is -0.180. The van der Waals surface area contributed by atoms with Crippen molar-refractivity contribution in [2.75, 3.05) is 18.6 Å². The van der Waals surface area contributed by atoms with Crippen molar-refractivity contribution in [1.82, 2.24) is 0 Å². The van der Waals surface area contributed by atoms with E-state index >= 15 is 0 Å². The second-order valence-corrected chi connectivity index (χ2v) is 5.15. The lowest BCUT2D eigenvalue weighted by molar-refractivity contribution is 0.361. The summed E-state index contributed by atoms with van der Waals surface area (Å²) in [5.41, 5.74) is 0. The van der Waals surface area contributed by atoms with E-state index in [1.165, 1.54) is 12.6 Å². The molecule has 0 fully saturated rings. The monoisotopic (exact) mass is 193 g/mol. The molecule has 0 saturated carbocycles. The molecule has 0 amide bonds. The second kappa shape index (κ2) is 5.13. The lowest BCUT2D eigenvalue weighted by Gasteiger charge is -1.89. The van der Waals surface area contributed by atoms with Gasteiger partial charge in [-0.1, -0.05) is 6.92 Å². The summed E-state index contributed by atoms with van der Waals surface area (Å²) in [7, 11) is -0.180. The Balaban J connectivity index is 2.12. The minimum absolute atomic E-state index is 0.180. The molecule has 1 rings (SSSR count). The second-order valence-electron chi connectivity index (χ2n) is 2.93. The van der Waals surface area contributed by atoms with Gasteiger partial charge < -0.3 is 0 Å². The van der Waals surface area contributed by atoms with Gasteiger partial charge in [0.15, 0.2) is 0 Å². The van der Waals surface area contributed by atoms with Gasteiger partial charge in [-0.05, 0) is 6.42 Å². The molecule has 0 bridgehead atoms. The van der Waals surface area contributed by atoms with Crippen LogP contribution in [-0.4, -0.2) is 24.4 Å². The molecule has 3 heteroatoms. The van der Waals surface area contributed by atoms with Crippen LogP contribution in [-0.2, 0) is 4.52 Å². The van der Waals surface area contributed by atoms with Crippen molar-refractivity contribution in [3.63, 3.8) is 0 Å². The minimum Gasteiger partial charge on any atom is -0.179 e. The maximum atomic E-state index is 5.64. The summed E-state index contributed by atoms with van der Waals surface area (Å²) in [4.78, 5) is 0. The first-order valence-corrected chi connectivity index (χ1v) is 6.18. The van der Waals surface area contributed by atoms with Gasteiger partial charge in [-0.2, -0.15) is 4.52 Å². The molecule has 0 aromatic heterocycles. The van der Waals surface area contributed by atoms with Crippen molar-refractivity contribution in [2.45, 2.75) is 19.8 Å². The van der Waals surface area contributed by atoms with Crippen molar-refractivity contribution in [3.05, 3.63) is 0 Å². The maximum Gasteiger partial charge on any atom is 0.250 e. The van der Waals surface area contributed by atoms with E-state index in [0.29, 0.717) is 0 Å². The molecule has 2 atom stereocenters. The molecule has 0 N–H and O–H groups in total. The first-order chi connectivity index (χ1) is 5.33. The number of hydrogen-bond acceptors (Lipinski definition) is 1. The van der Waals surface area contributed by atoms with Gasteiger partial charge in [-0.3, -0.25) is 0 Å². The molecule has 1 aliphatic heterocycles. The summed E-state index contributed by atoms with van der Waals surface area (Å²) in [6, 6.07) is 0. The van der Waals surface area contributed by atoms with Crippen LogP contribution >= 0.6 is 19.4 Å². The highest BCUT2D eigenvalue weighted by atomic mass is 35.5. The predicted molar refractivity (Wildman–Crippen MR) is 52.9 cm³/mol. The van der Waals surface area contributed by atoms with E-state index in [0.717, 1.165) is 24.8 Å². The average Bonchev–Trinajstić information content (AvgIpc) is 2.37. The van der Waals surface area contributed by atoms with Crippen LogP contribution in [0.5, 0.6) is 0 Å². The van der Waals surface area contributed by atoms with Crippen LogP contribution in [0.3, 0.4) is 0 Å². The normalized spacial score (nSPS) is 27.1. The molecule has 1 heterocycles. The van der Waals surface area contributed by atoms with Crippen LogP contribution in [0.15, 0.2) is 0 Å². The number of hydrogen-bond donors (Lipinski definition) is 0. The Morgan fingerprint density at radius 3 is 3.09 bits per heavy atom. The Bertz CT molecular complexity index is 147. The molecular weight excluding hydrogens is 179 g/mol. The van der Waals surface area contributed by atoms with E-state index in [4.69, 9.17) is 16.1 Å². The average molecular weight is 194 g/mol. The lowest BCUT2D eigenvalue weighted by atomic mass is 10.2. The van der Waals surface area contributed by atoms with Crippen LogP contribution in [0.25, 0.3) is 0 Å². The summed E-state index contributed by atoms with van der Waals surface area (Å²) in [5, 5.41) is 0. The van der Waals surface area contributed by atoms with Gasteiger partial charge in [-0.15, -0.1) is 11.6 Å². The van der Waals surface area contributed by atoms with Gasteiger partial charge in [0.25, 0.3) is 0 Å². The molecule has 2 unspecified atom stereocenters. The summed E-state index contributed by atoms with van der Waals surface area (Å²) < 4.78 is 5.64. The summed E-state index contributed by atoms with van der Waals surface area (Å²) in [6.07, 6.45) is 3.56. The molecule has 64 valence electrons. The van der Waals surface area contributed by atoms with E-state index in [1.807, 2.05) is 0 Å².